The molecule has 5 nitrogen and oxygen atoms in total. The van der Waals surface area contributed by atoms with Gasteiger partial charge in [0.05, 0.1) is 6.54 Å². The van der Waals surface area contributed by atoms with Gasteiger partial charge in [0.15, 0.2) is 0 Å². The molecule has 3 aromatic rings. The number of fused-ring (bicyclic) bond motifs is 1. The minimum absolute atomic E-state index is 0.143. The van der Waals surface area contributed by atoms with Crippen molar-refractivity contribution in [3.05, 3.63) is 65.0 Å². The molecule has 0 fully saturated rings. The molecule has 2 heterocycles. The van der Waals surface area contributed by atoms with Gasteiger partial charge in [-0.15, -0.1) is 0 Å². The van der Waals surface area contributed by atoms with Crippen molar-refractivity contribution in [3.63, 3.8) is 0 Å². The van der Waals surface area contributed by atoms with Crippen LogP contribution in [0.5, 0.6) is 5.75 Å². The zero-order valence-corrected chi connectivity index (χ0v) is 13.7. The topological polar surface area (TPSA) is 48.5 Å². The maximum Gasteiger partial charge on any atom is 0.353 e. The van der Waals surface area contributed by atoms with Gasteiger partial charge in [0.2, 0.25) is 0 Å². The molecule has 1 aromatic carbocycles. The second-order valence-corrected chi connectivity index (χ2v) is 6.57. The standard InChI is InChI=1S/C18H21N3O2/c1-18(2,3)14-4-6-15(7-5-14)23-13-12-20-10-11-21-16(20)8-9-19-17(21)22/h4-11H,12-13H2,1-3H3. The third-order valence-corrected chi connectivity index (χ3v) is 3.87. The van der Waals surface area contributed by atoms with Gasteiger partial charge in [-0.3, -0.25) is 4.40 Å². The molecule has 0 amide bonds. The summed E-state index contributed by atoms with van der Waals surface area (Å²) >= 11 is 0. The highest BCUT2D eigenvalue weighted by atomic mass is 16.5. The van der Waals surface area contributed by atoms with Crippen LogP contribution < -0.4 is 10.4 Å². The van der Waals surface area contributed by atoms with Crippen molar-refractivity contribution in [1.82, 2.24) is 14.0 Å². The largest absolute Gasteiger partial charge is 0.492 e. The molecule has 0 saturated heterocycles. The quantitative estimate of drug-likeness (QED) is 0.744. The Morgan fingerprint density at radius 1 is 1.09 bits per heavy atom. The van der Waals surface area contributed by atoms with E-state index in [4.69, 9.17) is 4.74 Å². The van der Waals surface area contributed by atoms with Crippen LogP contribution in [0.1, 0.15) is 26.3 Å². The molecule has 0 aliphatic rings. The van der Waals surface area contributed by atoms with Crippen LogP contribution in [-0.2, 0) is 12.0 Å². The highest BCUT2D eigenvalue weighted by Gasteiger charge is 2.12. The van der Waals surface area contributed by atoms with E-state index in [0.717, 1.165) is 11.4 Å². The lowest BCUT2D eigenvalue weighted by molar-refractivity contribution is 0.300. The van der Waals surface area contributed by atoms with Gasteiger partial charge in [-0.1, -0.05) is 32.9 Å². The minimum Gasteiger partial charge on any atom is -0.492 e. The van der Waals surface area contributed by atoms with E-state index < -0.39 is 0 Å². The molecular weight excluding hydrogens is 290 g/mol. The molecule has 0 unspecified atom stereocenters. The Hall–Kier alpha value is -2.56. The summed E-state index contributed by atoms with van der Waals surface area (Å²) in [6.07, 6.45) is 5.12. The van der Waals surface area contributed by atoms with Crippen molar-refractivity contribution in [3.8, 4) is 5.75 Å². The van der Waals surface area contributed by atoms with Crippen LogP contribution in [0.2, 0.25) is 0 Å². The minimum atomic E-state index is -0.264. The van der Waals surface area contributed by atoms with E-state index in [-0.39, 0.29) is 11.1 Å². The maximum atomic E-state index is 11.6. The fraction of sp³-hybridized carbons (Fsp3) is 0.333. The van der Waals surface area contributed by atoms with E-state index >= 15 is 0 Å². The molecule has 3 rings (SSSR count). The van der Waals surface area contributed by atoms with Crippen molar-refractivity contribution in [2.75, 3.05) is 6.61 Å². The maximum absolute atomic E-state index is 11.6. The number of nitrogens with zero attached hydrogens (tertiary/aromatic N) is 3. The molecule has 0 spiro atoms. The van der Waals surface area contributed by atoms with Crippen molar-refractivity contribution in [2.24, 2.45) is 0 Å². The van der Waals surface area contributed by atoms with Crippen LogP contribution in [0, 0.1) is 0 Å². The van der Waals surface area contributed by atoms with Gasteiger partial charge in [-0.2, -0.15) is 0 Å². The number of benzene rings is 1. The second kappa shape index (κ2) is 5.91. The zero-order chi connectivity index (χ0) is 16.4. The van der Waals surface area contributed by atoms with Gasteiger partial charge in [-0.05, 0) is 29.2 Å². The Morgan fingerprint density at radius 2 is 1.83 bits per heavy atom. The Balaban J connectivity index is 1.65. The third-order valence-electron chi connectivity index (χ3n) is 3.87. The number of ether oxygens (including phenoxy) is 1. The highest BCUT2D eigenvalue weighted by Crippen LogP contribution is 2.24. The second-order valence-electron chi connectivity index (χ2n) is 6.57. The lowest BCUT2D eigenvalue weighted by Gasteiger charge is -2.19. The first-order valence-electron chi connectivity index (χ1n) is 7.71. The van der Waals surface area contributed by atoms with Crippen molar-refractivity contribution in [2.45, 2.75) is 32.7 Å². The Labute approximate surface area is 135 Å². The summed E-state index contributed by atoms with van der Waals surface area (Å²) in [5.74, 6) is 0.855. The van der Waals surface area contributed by atoms with Crippen molar-refractivity contribution < 1.29 is 4.74 Å². The number of hydrogen-bond acceptors (Lipinski definition) is 3. The number of aromatic nitrogens is 3. The number of rotatable bonds is 4. The molecule has 120 valence electrons. The van der Waals surface area contributed by atoms with Crippen LogP contribution in [0.25, 0.3) is 5.65 Å². The van der Waals surface area contributed by atoms with E-state index in [1.807, 2.05) is 29.0 Å². The van der Waals surface area contributed by atoms with E-state index in [0.29, 0.717) is 13.2 Å². The van der Waals surface area contributed by atoms with Gasteiger partial charge in [0, 0.05) is 18.6 Å². The average Bonchev–Trinajstić information content (AvgIpc) is 2.92. The summed E-state index contributed by atoms with van der Waals surface area (Å²) in [7, 11) is 0. The van der Waals surface area contributed by atoms with Crippen LogP contribution in [0.3, 0.4) is 0 Å². The molecule has 5 heteroatoms. The molecule has 0 radical (unpaired) electrons. The van der Waals surface area contributed by atoms with E-state index in [1.54, 1.807) is 6.20 Å². The van der Waals surface area contributed by atoms with Crippen LogP contribution in [-0.4, -0.2) is 20.6 Å². The molecule has 0 bridgehead atoms. The Kier molecular flexibility index (Phi) is 3.94. The SMILES string of the molecule is CC(C)(C)c1ccc(OCCn2ccn3c(=O)nccc23)cc1. The van der Waals surface area contributed by atoms with Crippen molar-refractivity contribution in [1.29, 1.82) is 0 Å². The molecule has 0 atom stereocenters. The van der Waals surface area contributed by atoms with E-state index in [2.05, 4.69) is 37.9 Å². The first-order valence-corrected chi connectivity index (χ1v) is 7.71. The van der Waals surface area contributed by atoms with Crippen LogP contribution >= 0.6 is 0 Å². The normalized spacial score (nSPS) is 11.8. The van der Waals surface area contributed by atoms with E-state index in [9.17, 15) is 4.79 Å². The summed E-state index contributed by atoms with van der Waals surface area (Å²) in [5, 5.41) is 0. The molecular formula is C18H21N3O2. The predicted molar refractivity (Wildman–Crippen MR) is 90.1 cm³/mol. The van der Waals surface area contributed by atoms with Gasteiger partial charge in [-0.25, -0.2) is 9.78 Å². The molecule has 23 heavy (non-hydrogen) atoms. The Bertz CT molecular complexity index is 854. The van der Waals surface area contributed by atoms with Crippen molar-refractivity contribution >= 4 is 5.65 Å². The van der Waals surface area contributed by atoms with Crippen LogP contribution in [0.15, 0.2) is 53.7 Å². The van der Waals surface area contributed by atoms with Gasteiger partial charge in [0.1, 0.15) is 18.0 Å². The smallest absolute Gasteiger partial charge is 0.353 e. The summed E-state index contributed by atoms with van der Waals surface area (Å²) in [5.41, 5.74) is 1.98. The summed E-state index contributed by atoms with van der Waals surface area (Å²) in [4.78, 5) is 15.3. The molecule has 0 saturated carbocycles. The Morgan fingerprint density at radius 3 is 2.52 bits per heavy atom. The summed E-state index contributed by atoms with van der Waals surface area (Å²) < 4.78 is 9.31. The molecule has 2 aromatic heterocycles. The fourth-order valence-corrected chi connectivity index (χ4v) is 2.51. The lowest BCUT2D eigenvalue weighted by Crippen LogP contribution is -2.16. The average molecular weight is 311 g/mol. The third kappa shape index (κ3) is 3.28. The molecule has 0 aliphatic heterocycles. The van der Waals surface area contributed by atoms with Gasteiger partial charge >= 0.3 is 5.69 Å². The van der Waals surface area contributed by atoms with Gasteiger partial charge < -0.3 is 9.30 Å². The van der Waals surface area contributed by atoms with Crippen LogP contribution in [0.4, 0.5) is 0 Å². The zero-order valence-electron chi connectivity index (χ0n) is 13.7. The summed E-state index contributed by atoms with van der Waals surface area (Å²) in [6.45, 7) is 7.78. The van der Waals surface area contributed by atoms with Gasteiger partial charge in [0.25, 0.3) is 0 Å². The molecule has 0 aliphatic carbocycles. The van der Waals surface area contributed by atoms with E-state index in [1.165, 1.54) is 16.2 Å². The predicted octanol–water partition coefficient (Wildman–Crippen LogP) is 2.87. The fourth-order valence-electron chi connectivity index (χ4n) is 2.51. The summed E-state index contributed by atoms with van der Waals surface area (Å²) in [6, 6.07) is 10.0. The number of hydrogen-bond donors (Lipinski definition) is 0. The first kappa shape index (κ1) is 15.3. The highest BCUT2D eigenvalue weighted by molar-refractivity contribution is 5.38. The number of imidazole rings is 1. The monoisotopic (exact) mass is 311 g/mol. The first-order chi connectivity index (χ1) is 10.9. The lowest BCUT2D eigenvalue weighted by atomic mass is 9.87. The molecule has 0 N–H and O–H groups in total.